The van der Waals surface area contributed by atoms with Crippen molar-refractivity contribution in [3.05, 3.63) is 33.2 Å². The SMILES string of the molecule is C=C(C)C[N+](C)(C)CCOc1c(Br)cc(N)cc1Br.[Br-]. The van der Waals surface area contributed by atoms with Crippen molar-refractivity contribution in [3.63, 3.8) is 0 Å². The van der Waals surface area contributed by atoms with Crippen molar-refractivity contribution in [3.8, 4) is 5.75 Å². The van der Waals surface area contributed by atoms with Crippen LogP contribution in [0, 0.1) is 0 Å². The van der Waals surface area contributed by atoms with Crippen LogP contribution < -0.4 is 27.5 Å². The molecule has 0 bridgehead atoms. The molecule has 0 aliphatic heterocycles. The van der Waals surface area contributed by atoms with Gasteiger partial charge < -0.3 is 31.9 Å². The van der Waals surface area contributed by atoms with E-state index in [1.807, 2.05) is 19.1 Å². The number of hydrogen-bond donors (Lipinski definition) is 1. The van der Waals surface area contributed by atoms with Crippen molar-refractivity contribution >= 4 is 37.5 Å². The number of nitrogen functional groups attached to an aromatic ring is 1. The van der Waals surface area contributed by atoms with Crippen LogP contribution in [-0.2, 0) is 0 Å². The number of benzene rings is 1. The van der Waals surface area contributed by atoms with Crippen molar-refractivity contribution < 1.29 is 26.2 Å². The number of anilines is 1. The van der Waals surface area contributed by atoms with E-state index in [9.17, 15) is 0 Å². The Morgan fingerprint density at radius 2 is 1.80 bits per heavy atom. The molecule has 0 aliphatic rings. The third kappa shape index (κ3) is 6.61. The van der Waals surface area contributed by atoms with Gasteiger partial charge in [-0.3, -0.25) is 0 Å². The number of nitrogens with two attached hydrogens (primary N) is 1. The molecule has 0 saturated heterocycles. The zero-order valence-corrected chi connectivity index (χ0v) is 16.8. The molecule has 0 heterocycles. The second-order valence-corrected chi connectivity index (χ2v) is 7.15. The molecule has 114 valence electrons. The van der Waals surface area contributed by atoms with Gasteiger partial charge in [-0.2, -0.15) is 0 Å². The van der Waals surface area contributed by atoms with E-state index in [2.05, 4.69) is 52.5 Å². The molecule has 0 unspecified atom stereocenters. The molecule has 20 heavy (non-hydrogen) atoms. The van der Waals surface area contributed by atoms with E-state index in [1.54, 1.807) is 0 Å². The fourth-order valence-corrected chi connectivity index (χ4v) is 3.37. The molecule has 6 heteroatoms. The Balaban J connectivity index is 0.00000361. The maximum Gasteiger partial charge on any atom is 0.148 e. The van der Waals surface area contributed by atoms with Crippen LogP contribution in [0.15, 0.2) is 33.2 Å². The van der Waals surface area contributed by atoms with E-state index in [4.69, 9.17) is 10.5 Å². The molecular weight excluding hydrogens is 452 g/mol. The van der Waals surface area contributed by atoms with E-state index in [0.717, 1.165) is 32.3 Å². The summed E-state index contributed by atoms with van der Waals surface area (Å²) < 4.78 is 8.44. The molecule has 2 N–H and O–H groups in total. The first kappa shape index (κ1) is 20.0. The largest absolute Gasteiger partial charge is 1.00 e. The quantitative estimate of drug-likeness (QED) is 0.378. The Labute approximate surface area is 148 Å². The third-order valence-electron chi connectivity index (χ3n) is 2.66. The lowest BCUT2D eigenvalue weighted by atomic mass is 10.3. The van der Waals surface area contributed by atoms with Gasteiger partial charge in [0.15, 0.2) is 0 Å². The standard InChI is InChI=1S/C14H21Br2N2O.BrH/c1-10(2)9-18(3,4)5-6-19-14-12(15)7-11(17)8-13(14)16;/h7-8H,1,5-6,9,17H2,2-4H3;1H/q+1;/p-1. The van der Waals surface area contributed by atoms with Crippen LogP contribution in [-0.4, -0.2) is 38.3 Å². The molecule has 0 aliphatic carbocycles. The number of likely N-dealkylation sites (N-methyl/N-ethyl adjacent to an activating group) is 1. The Bertz CT molecular complexity index is 452. The van der Waals surface area contributed by atoms with Gasteiger partial charge in [0, 0.05) is 5.69 Å². The first-order valence-corrected chi connectivity index (χ1v) is 7.63. The normalized spacial score (nSPS) is 10.8. The van der Waals surface area contributed by atoms with Crippen LogP contribution >= 0.6 is 31.9 Å². The van der Waals surface area contributed by atoms with Crippen LogP contribution in [0.1, 0.15) is 6.92 Å². The van der Waals surface area contributed by atoms with Crippen LogP contribution in [0.3, 0.4) is 0 Å². The van der Waals surface area contributed by atoms with Crippen LogP contribution in [0.4, 0.5) is 5.69 Å². The second kappa shape index (κ2) is 8.41. The summed E-state index contributed by atoms with van der Waals surface area (Å²) in [5, 5.41) is 0. The summed E-state index contributed by atoms with van der Waals surface area (Å²) >= 11 is 6.93. The van der Waals surface area contributed by atoms with E-state index < -0.39 is 0 Å². The molecule has 3 nitrogen and oxygen atoms in total. The zero-order chi connectivity index (χ0) is 14.6. The van der Waals surface area contributed by atoms with Crippen molar-refractivity contribution in [2.75, 3.05) is 39.5 Å². The van der Waals surface area contributed by atoms with Gasteiger partial charge in [-0.05, 0) is 56.5 Å². The van der Waals surface area contributed by atoms with Crippen LogP contribution in [0.25, 0.3) is 0 Å². The predicted molar refractivity (Wildman–Crippen MR) is 88.4 cm³/mol. The molecule has 1 aromatic carbocycles. The summed E-state index contributed by atoms with van der Waals surface area (Å²) in [7, 11) is 4.34. The lowest BCUT2D eigenvalue weighted by Crippen LogP contribution is -3.00. The maximum atomic E-state index is 5.85. The summed E-state index contributed by atoms with van der Waals surface area (Å²) in [5.41, 5.74) is 7.63. The van der Waals surface area contributed by atoms with Crippen molar-refractivity contribution in [2.45, 2.75) is 6.92 Å². The topological polar surface area (TPSA) is 35.2 Å². The van der Waals surface area contributed by atoms with E-state index >= 15 is 0 Å². The predicted octanol–water partition coefficient (Wildman–Crippen LogP) is 0.829. The summed E-state index contributed by atoms with van der Waals surface area (Å²) in [4.78, 5) is 0. The summed E-state index contributed by atoms with van der Waals surface area (Å²) in [5.74, 6) is 0.796. The average molecular weight is 473 g/mol. The van der Waals surface area contributed by atoms with E-state index in [0.29, 0.717) is 12.3 Å². The fourth-order valence-electron chi connectivity index (χ4n) is 1.92. The van der Waals surface area contributed by atoms with Gasteiger partial charge in [0.05, 0.1) is 29.6 Å². The number of ether oxygens (including phenoxy) is 1. The van der Waals surface area contributed by atoms with Gasteiger partial charge >= 0.3 is 0 Å². The summed E-state index contributed by atoms with van der Waals surface area (Å²) in [6.45, 7) is 8.51. The minimum atomic E-state index is 0. The molecule has 0 fully saturated rings. The molecule has 1 rings (SSSR count). The lowest BCUT2D eigenvalue weighted by molar-refractivity contribution is -0.885. The number of nitrogens with zero attached hydrogens (tertiary/aromatic N) is 1. The van der Waals surface area contributed by atoms with E-state index in [1.165, 1.54) is 5.57 Å². The van der Waals surface area contributed by atoms with Gasteiger partial charge in [-0.15, -0.1) is 0 Å². The summed E-state index contributed by atoms with van der Waals surface area (Å²) in [6.07, 6.45) is 0. The first-order chi connectivity index (χ1) is 8.71. The third-order valence-corrected chi connectivity index (χ3v) is 3.84. The molecule has 0 spiro atoms. The summed E-state index contributed by atoms with van der Waals surface area (Å²) in [6, 6.07) is 3.68. The smallest absolute Gasteiger partial charge is 0.148 e. The Kier molecular flexibility index (Phi) is 8.40. The highest BCUT2D eigenvalue weighted by molar-refractivity contribution is 9.11. The van der Waals surface area contributed by atoms with Crippen molar-refractivity contribution in [2.24, 2.45) is 0 Å². The monoisotopic (exact) mass is 470 g/mol. The number of rotatable bonds is 6. The highest BCUT2D eigenvalue weighted by Crippen LogP contribution is 2.35. The number of halogens is 3. The Hall–Kier alpha value is -0.0400. The maximum absolute atomic E-state index is 5.85. The first-order valence-electron chi connectivity index (χ1n) is 6.05. The molecule has 0 radical (unpaired) electrons. The van der Waals surface area contributed by atoms with E-state index in [-0.39, 0.29) is 17.0 Å². The fraction of sp³-hybridized carbons (Fsp3) is 0.429. The van der Waals surface area contributed by atoms with Crippen LogP contribution in [0.2, 0.25) is 0 Å². The molecular formula is C14H21Br3N2O. The minimum absolute atomic E-state index is 0. The molecule has 0 amide bonds. The lowest BCUT2D eigenvalue weighted by Gasteiger charge is -2.29. The Morgan fingerprint density at radius 1 is 1.30 bits per heavy atom. The number of quaternary nitrogens is 1. The Morgan fingerprint density at radius 3 is 2.25 bits per heavy atom. The van der Waals surface area contributed by atoms with Crippen LogP contribution in [0.5, 0.6) is 5.75 Å². The zero-order valence-electron chi connectivity index (χ0n) is 12.0. The molecule has 1 aromatic rings. The highest BCUT2D eigenvalue weighted by Gasteiger charge is 2.16. The molecule has 0 aromatic heterocycles. The van der Waals surface area contributed by atoms with Gasteiger partial charge in [-0.1, -0.05) is 6.58 Å². The number of hydrogen-bond acceptors (Lipinski definition) is 2. The van der Waals surface area contributed by atoms with Gasteiger partial charge in [0.1, 0.15) is 18.9 Å². The van der Waals surface area contributed by atoms with Gasteiger partial charge in [0.2, 0.25) is 0 Å². The van der Waals surface area contributed by atoms with Crippen molar-refractivity contribution in [1.29, 1.82) is 0 Å². The van der Waals surface area contributed by atoms with Gasteiger partial charge in [0.25, 0.3) is 0 Å². The van der Waals surface area contributed by atoms with Crippen molar-refractivity contribution in [1.82, 2.24) is 0 Å². The average Bonchev–Trinajstić information content (AvgIpc) is 2.19. The van der Waals surface area contributed by atoms with Gasteiger partial charge in [-0.25, -0.2) is 0 Å². The molecule has 0 saturated carbocycles. The second-order valence-electron chi connectivity index (χ2n) is 5.44. The molecule has 0 atom stereocenters. The highest BCUT2D eigenvalue weighted by atomic mass is 79.9. The minimum Gasteiger partial charge on any atom is -1.00 e.